The normalized spacial score (nSPS) is 13.2. The Labute approximate surface area is 340 Å². The molecule has 1 aliphatic carbocycles. The van der Waals surface area contributed by atoms with Crippen molar-refractivity contribution in [3.8, 4) is 33.4 Å². The van der Waals surface area contributed by atoms with E-state index in [9.17, 15) is 0 Å². The van der Waals surface area contributed by atoms with Crippen molar-refractivity contribution in [3.05, 3.63) is 229 Å². The van der Waals surface area contributed by atoms with Gasteiger partial charge in [-0.1, -0.05) is 164 Å². The van der Waals surface area contributed by atoms with Gasteiger partial charge in [0.2, 0.25) is 0 Å². The van der Waals surface area contributed by atoms with Crippen LogP contribution in [0.25, 0.3) is 98.8 Å². The molecule has 0 fully saturated rings. The van der Waals surface area contributed by atoms with E-state index < -0.39 is 5.41 Å². The van der Waals surface area contributed by atoms with Crippen molar-refractivity contribution in [1.82, 2.24) is 0 Å². The summed E-state index contributed by atoms with van der Waals surface area (Å²) >= 11 is 0. The fourth-order valence-corrected chi connectivity index (χ4v) is 10.4. The quantitative estimate of drug-likeness (QED) is 0.179. The average Bonchev–Trinajstić information content (AvgIpc) is 3.96. The maximum atomic E-state index is 6.57. The van der Waals surface area contributed by atoms with Crippen LogP contribution < -0.4 is 0 Å². The molecule has 0 N–H and O–H groups in total. The van der Waals surface area contributed by atoms with Crippen LogP contribution in [0.1, 0.15) is 22.3 Å². The van der Waals surface area contributed by atoms with Crippen molar-refractivity contribution in [2.24, 2.45) is 0 Å². The molecule has 1 aliphatic rings. The van der Waals surface area contributed by atoms with E-state index in [4.69, 9.17) is 8.83 Å². The molecule has 0 saturated heterocycles. The zero-order valence-corrected chi connectivity index (χ0v) is 31.9. The van der Waals surface area contributed by atoms with Crippen LogP contribution in [-0.4, -0.2) is 0 Å². The van der Waals surface area contributed by atoms with Crippen molar-refractivity contribution in [3.63, 3.8) is 0 Å². The van der Waals surface area contributed by atoms with Gasteiger partial charge in [0.1, 0.15) is 22.3 Å². The van der Waals surface area contributed by atoms with Gasteiger partial charge in [-0.25, -0.2) is 0 Å². The summed E-state index contributed by atoms with van der Waals surface area (Å²) in [4.78, 5) is 0. The first-order valence-electron chi connectivity index (χ1n) is 20.3. The summed E-state index contributed by atoms with van der Waals surface area (Å²) in [5.41, 5.74) is 15.3. The molecule has 0 bridgehead atoms. The Morgan fingerprint density at radius 2 is 0.898 bits per heavy atom. The number of benzene rings is 10. The zero-order valence-electron chi connectivity index (χ0n) is 31.9. The molecule has 2 aromatic heterocycles. The van der Waals surface area contributed by atoms with Gasteiger partial charge in [0.25, 0.3) is 0 Å². The summed E-state index contributed by atoms with van der Waals surface area (Å²) in [7, 11) is 0. The van der Waals surface area contributed by atoms with Gasteiger partial charge >= 0.3 is 0 Å². The Morgan fingerprint density at radius 3 is 1.73 bits per heavy atom. The predicted molar refractivity (Wildman–Crippen MR) is 244 cm³/mol. The summed E-state index contributed by atoms with van der Waals surface area (Å²) in [5, 5.41) is 9.40. The first-order valence-corrected chi connectivity index (χ1v) is 20.3. The molecule has 12 aromatic rings. The minimum absolute atomic E-state index is 0.566. The summed E-state index contributed by atoms with van der Waals surface area (Å²) in [6, 6.07) is 75.3. The summed E-state index contributed by atoms with van der Waals surface area (Å²) in [5.74, 6) is 0. The molecule has 13 rings (SSSR count). The second-order valence-electron chi connectivity index (χ2n) is 15.9. The van der Waals surface area contributed by atoms with Crippen molar-refractivity contribution >= 4 is 65.4 Å². The molecule has 0 radical (unpaired) electrons. The van der Waals surface area contributed by atoms with Crippen LogP contribution in [0.5, 0.6) is 0 Å². The third-order valence-electron chi connectivity index (χ3n) is 12.9. The van der Waals surface area contributed by atoms with Crippen LogP contribution in [-0.2, 0) is 5.41 Å². The molecule has 2 heterocycles. The van der Waals surface area contributed by atoms with Crippen molar-refractivity contribution in [2.75, 3.05) is 0 Å². The summed E-state index contributed by atoms with van der Waals surface area (Å²) in [6.45, 7) is 0. The second kappa shape index (κ2) is 12.2. The van der Waals surface area contributed by atoms with Crippen molar-refractivity contribution < 1.29 is 8.83 Å². The Balaban J connectivity index is 1.09. The van der Waals surface area contributed by atoms with E-state index in [1.807, 2.05) is 12.1 Å². The number of hydrogen-bond donors (Lipinski definition) is 0. The topological polar surface area (TPSA) is 26.3 Å². The molecule has 2 heteroatoms. The molecule has 0 spiro atoms. The maximum Gasteiger partial charge on any atom is 0.136 e. The van der Waals surface area contributed by atoms with E-state index in [1.54, 1.807) is 0 Å². The van der Waals surface area contributed by atoms with E-state index in [-0.39, 0.29) is 0 Å². The molecule has 0 aliphatic heterocycles. The highest BCUT2D eigenvalue weighted by atomic mass is 16.3. The van der Waals surface area contributed by atoms with Gasteiger partial charge in [-0.05, 0) is 120 Å². The Morgan fingerprint density at radius 1 is 0.305 bits per heavy atom. The second-order valence-corrected chi connectivity index (χ2v) is 15.9. The number of para-hydroxylation sites is 1. The fourth-order valence-electron chi connectivity index (χ4n) is 10.4. The minimum Gasteiger partial charge on any atom is -0.456 e. The van der Waals surface area contributed by atoms with Crippen LogP contribution in [0.3, 0.4) is 0 Å². The molecule has 274 valence electrons. The lowest BCUT2D eigenvalue weighted by Gasteiger charge is -2.34. The monoisotopic (exact) mass is 750 g/mol. The van der Waals surface area contributed by atoms with E-state index in [0.29, 0.717) is 0 Å². The Bertz CT molecular complexity index is 3620. The highest BCUT2D eigenvalue weighted by Crippen LogP contribution is 2.59. The standard InChI is InChI=1S/C57H34O2/c1-3-15-39(16-4-1)57(40-17-5-2-6-18-40)49-30-29-43-41(38-25-27-45-44-19-9-10-23-51(44)58-53(45)34-38)20-11-22-46(43)55(49)47-28-26-37(32-50(47)57)42-21-12-24-52-56(42)48-31-35-13-7-8-14-36(35)33-54(48)59-52/h1-34H. The number of furan rings is 2. The lowest BCUT2D eigenvalue weighted by molar-refractivity contribution is 0.669. The highest BCUT2D eigenvalue weighted by molar-refractivity contribution is 6.16. The van der Waals surface area contributed by atoms with Gasteiger partial charge < -0.3 is 8.83 Å². The zero-order chi connectivity index (χ0) is 38.7. The van der Waals surface area contributed by atoms with E-state index in [2.05, 4.69) is 194 Å². The van der Waals surface area contributed by atoms with Gasteiger partial charge in [0, 0.05) is 21.5 Å². The van der Waals surface area contributed by atoms with Gasteiger partial charge in [-0.3, -0.25) is 0 Å². The lowest BCUT2D eigenvalue weighted by atomic mass is 9.67. The number of fused-ring (bicyclic) bond motifs is 12. The third-order valence-corrected chi connectivity index (χ3v) is 12.9. The third kappa shape index (κ3) is 4.51. The van der Waals surface area contributed by atoms with Crippen molar-refractivity contribution in [2.45, 2.75) is 5.41 Å². The largest absolute Gasteiger partial charge is 0.456 e. The van der Waals surface area contributed by atoms with Gasteiger partial charge in [-0.15, -0.1) is 0 Å². The Hall–Kier alpha value is -7.68. The molecular weight excluding hydrogens is 717 g/mol. The molecule has 2 nitrogen and oxygen atoms in total. The van der Waals surface area contributed by atoms with E-state index in [1.165, 1.54) is 71.6 Å². The SMILES string of the molecule is c1ccc(C2(c3ccccc3)c3cc(-c4cccc5oc6cc7ccccc7cc6c45)ccc3-c3c2ccc2c(-c4ccc5c(c4)oc4ccccc45)cccc32)cc1. The van der Waals surface area contributed by atoms with Gasteiger partial charge in [0.05, 0.1) is 5.41 Å². The van der Waals surface area contributed by atoms with Crippen LogP contribution >= 0.6 is 0 Å². The fraction of sp³-hybridized carbons (Fsp3) is 0.0175. The molecule has 0 unspecified atom stereocenters. The first-order chi connectivity index (χ1) is 29.2. The molecule has 59 heavy (non-hydrogen) atoms. The van der Waals surface area contributed by atoms with Gasteiger partial charge in [0.15, 0.2) is 0 Å². The maximum absolute atomic E-state index is 6.57. The van der Waals surface area contributed by atoms with Crippen molar-refractivity contribution in [1.29, 1.82) is 0 Å². The molecular formula is C57H34O2. The summed E-state index contributed by atoms with van der Waals surface area (Å²) in [6.07, 6.45) is 0. The average molecular weight is 751 g/mol. The first kappa shape index (κ1) is 32.4. The minimum atomic E-state index is -0.566. The molecule has 0 amide bonds. The summed E-state index contributed by atoms with van der Waals surface area (Å²) < 4.78 is 13.0. The van der Waals surface area contributed by atoms with Crippen LogP contribution in [0.15, 0.2) is 215 Å². The molecule has 10 aromatic carbocycles. The van der Waals surface area contributed by atoms with Crippen LogP contribution in [0.4, 0.5) is 0 Å². The van der Waals surface area contributed by atoms with Gasteiger partial charge in [-0.2, -0.15) is 0 Å². The molecule has 0 atom stereocenters. The number of rotatable bonds is 4. The van der Waals surface area contributed by atoms with Crippen LogP contribution in [0.2, 0.25) is 0 Å². The molecule has 0 saturated carbocycles. The predicted octanol–water partition coefficient (Wildman–Crippen LogP) is 15.5. The van der Waals surface area contributed by atoms with E-state index >= 15 is 0 Å². The van der Waals surface area contributed by atoms with Crippen LogP contribution in [0, 0.1) is 0 Å². The Kier molecular flexibility index (Phi) is 6.68. The number of hydrogen-bond acceptors (Lipinski definition) is 2. The highest BCUT2D eigenvalue weighted by Gasteiger charge is 2.47. The van der Waals surface area contributed by atoms with E-state index in [0.717, 1.165) is 49.4 Å². The smallest absolute Gasteiger partial charge is 0.136 e. The lowest BCUT2D eigenvalue weighted by Crippen LogP contribution is -2.28.